The van der Waals surface area contributed by atoms with Gasteiger partial charge in [-0.2, -0.15) is 0 Å². The smallest absolute Gasteiger partial charge is 0.164 e. The second-order valence-corrected chi connectivity index (χ2v) is 8.36. The highest BCUT2D eigenvalue weighted by Crippen LogP contribution is 2.40. The van der Waals surface area contributed by atoms with E-state index < -0.39 is 0 Å². The molecule has 0 saturated carbocycles. The third kappa shape index (κ3) is 3.16. The lowest BCUT2D eigenvalue weighted by molar-refractivity contribution is 0.445. The molecule has 0 bridgehead atoms. The summed E-state index contributed by atoms with van der Waals surface area (Å²) >= 11 is 1.70. The molecule has 5 rings (SSSR count). The SMILES string of the molecule is C[C@@H]1CCCN(c2nc(-c3cccnc3)nc3scc(-c4ccccc4)c23)C1. The Balaban J connectivity index is 1.73. The van der Waals surface area contributed by atoms with Gasteiger partial charge in [0, 0.05) is 42.0 Å². The standard InChI is InChI=1S/C23H22N4S/c1-16-7-6-12-27(14-16)22-20-19(17-8-3-2-4-9-17)15-28-23(20)26-21(25-22)18-10-5-11-24-13-18/h2-5,8-11,13,15-16H,6-7,12,14H2,1H3/t16-/m1/s1. The summed E-state index contributed by atoms with van der Waals surface area (Å²) in [6, 6.07) is 14.5. The largest absolute Gasteiger partial charge is 0.356 e. The summed E-state index contributed by atoms with van der Waals surface area (Å²) in [6.07, 6.45) is 6.12. The van der Waals surface area contributed by atoms with Crippen LogP contribution in [0.25, 0.3) is 32.7 Å². The van der Waals surface area contributed by atoms with Crippen LogP contribution in [-0.2, 0) is 0 Å². The maximum absolute atomic E-state index is 5.07. The molecule has 28 heavy (non-hydrogen) atoms. The molecule has 4 aromatic rings. The van der Waals surface area contributed by atoms with E-state index >= 15 is 0 Å². The molecule has 0 aliphatic carbocycles. The molecule has 1 fully saturated rings. The molecule has 0 spiro atoms. The van der Waals surface area contributed by atoms with Crippen LogP contribution in [0.1, 0.15) is 19.8 Å². The lowest BCUT2D eigenvalue weighted by Gasteiger charge is -2.32. The number of piperidine rings is 1. The molecule has 0 amide bonds. The van der Waals surface area contributed by atoms with Crippen molar-refractivity contribution in [2.75, 3.05) is 18.0 Å². The minimum absolute atomic E-state index is 0.680. The number of nitrogens with zero attached hydrogens (tertiary/aromatic N) is 4. The Hall–Kier alpha value is -2.79. The average molecular weight is 387 g/mol. The van der Waals surface area contributed by atoms with Gasteiger partial charge in [0.2, 0.25) is 0 Å². The molecular formula is C23H22N4S. The van der Waals surface area contributed by atoms with Crippen LogP contribution >= 0.6 is 11.3 Å². The van der Waals surface area contributed by atoms with Crippen molar-refractivity contribution in [3.05, 3.63) is 60.2 Å². The first-order valence-corrected chi connectivity index (χ1v) is 10.7. The third-order valence-corrected chi connectivity index (χ3v) is 6.25. The molecule has 0 N–H and O–H groups in total. The molecule has 5 heteroatoms. The van der Waals surface area contributed by atoms with Crippen molar-refractivity contribution in [3.63, 3.8) is 0 Å². The van der Waals surface area contributed by atoms with E-state index in [0.29, 0.717) is 5.92 Å². The van der Waals surface area contributed by atoms with Crippen LogP contribution in [0.3, 0.4) is 0 Å². The number of rotatable bonds is 3. The number of aromatic nitrogens is 3. The van der Waals surface area contributed by atoms with Gasteiger partial charge in [-0.3, -0.25) is 4.98 Å². The molecule has 1 saturated heterocycles. The Bertz CT molecular complexity index is 1090. The molecule has 140 valence electrons. The van der Waals surface area contributed by atoms with Gasteiger partial charge in [-0.05, 0) is 36.5 Å². The van der Waals surface area contributed by atoms with Crippen molar-refractivity contribution in [1.29, 1.82) is 0 Å². The number of thiophene rings is 1. The van der Waals surface area contributed by atoms with Gasteiger partial charge in [0.15, 0.2) is 5.82 Å². The average Bonchev–Trinajstić information content (AvgIpc) is 3.18. The second-order valence-electron chi connectivity index (χ2n) is 7.50. The van der Waals surface area contributed by atoms with Gasteiger partial charge in [-0.25, -0.2) is 9.97 Å². The van der Waals surface area contributed by atoms with E-state index in [1.807, 2.05) is 18.3 Å². The maximum Gasteiger partial charge on any atom is 0.164 e. The highest BCUT2D eigenvalue weighted by Gasteiger charge is 2.24. The normalized spacial score (nSPS) is 17.2. The Morgan fingerprint density at radius 2 is 1.89 bits per heavy atom. The van der Waals surface area contributed by atoms with Crippen molar-refractivity contribution in [3.8, 4) is 22.5 Å². The van der Waals surface area contributed by atoms with Crippen molar-refractivity contribution >= 4 is 27.4 Å². The van der Waals surface area contributed by atoms with Crippen LogP contribution in [0.4, 0.5) is 5.82 Å². The highest BCUT2D eigenvalue weighted by atomic mass is 32.1. The lowest BCUT2D eigenvalue weighted by Crippen LogP contribution is -2.35. The van der Waals surface area contributed by atoms with Gasteiger partial charge in [0.05, 0.1) is 5.39 Å². The fraction of sp³-hybridized carbons (Fsp3) is 0.261. The van der Waals surface area contributed by atoms with Gasteiger partial charge < -0.3 is 4.90 Å². The van der Waals surface area contributed by atoms with Crippen molar-refractivity contribution in [1.82, 2.24) is 15.0 Å². The molecule has 1 aliphatic heterocycles. The molecule has 3 aromatic heterocycles. The Morgan fingerprint density at radius 1 is 1.04 bits per heavy atom. The Morgan fingerprint density at radius 3 is 2.68 bits per heavy atom. The van der Waals surface area contributed by atoms with Crippen LogP contribution in [0.5, 0.6) is 0 Å². The van der Waals surface area contributed by atoms with Crippen LogP contribution in [0.15, 0.2) is 60.2 Å². The summed E-state index contributed by atoms with van der Waals surface area (Å²) in [5, 5.41) is 3.40. The minimum Gasteiger partial charge on any atom is -0.356 e. The number of fused-ring (bicyclic) bond motifs is 1. The zero-order valence-corrected chi connectivity index (χ0v) is 16.7. The quantitative estimate of drug-likeness (QED) is 0.456. The van der Waals surface area contributed by atoms with Gasteiger partial charge in [-0.1, -0.05) is 37.3 Å². The predicted octanol–water partition coefficient (Wildman–Crippen LogP) is 5.66. The van der Waals surface area contributed by atoms with Crippen molar-refractivity contribution < 1.29 is 0 Å². The van der Waals surface area contributed by atoms with E-state index in [-0.39, 0.29) is 0 Å². The van der Waals surface area contributed by atoms with Gasteiger partial charge in [0.25, 0.3) is 0 Å². The third-order valence-electron chi connectivity index (χ3n) is 5.38. The van der Waals surface area contributed by atoms with Crippen molar-refractivity contribution in [2.24, 2.45) is 5.92 Å². The topological polar surface area (TPSA) is 41.9 Å². The number of anilines is 1. The van der Waals surface area contributed by atoms with Crippen molar-refractivity contribution in [2.45, 2.75) is 19.8 Å². The first-order valence-electron chi connectivity index (χ1n) is 9.79. The molecule has 1 atom stereocenters. The number of hydrogen-bond acceptors (Lipinski definition) is 5. The monoisotopic (exact) mass is 386 g/mol. The zero-order chi connectivity index (χ0) is 18.9. The zero-order valence-electron chi connectivity index (χ0n) is 15.9. The first kappa shape index (κ1) is 17.3. The first-order chi connectivity index (χ1) is 13.8. The fourth-order valence-electron chi connectivity index (χ4n) is 3.99. The van der Waals surface area contributed by atoms with Crippen LogP contribution in [0.2, 0.25) is 0 Å². The van der Waals surface area contributed by atoms with Crippen LogP contribution < -0.4 is 4.90 Å². The van der Waals surface area contributed by atoms with Gasteiger partial charge in [-0.15, -0.1) is 11.3 Å². The molecule has 0 radical (unpaired) electrons. The van der Waals surface area contributed by atoms with E-state index in [2.05, 4.69) is 52.5 Å². The molecule has 4 heterocycles. The number of pyridine rings is 1. The Labute approximate surface area is 168 Å². The molecule has 1 aliphatic rings. The highest BCUT2D eigenvalue weighted by molar-refractivity contribution is 7.17. The van der Waals surface area contributed by atoms with E-state index in [0.717, 1.165) is 35.1 Å². The molecule has 0 unspecified atom stereocenters. The summed E-state index contributed by atoms with van der Waals surface area (Å²) in [4.78, 5) is 17.7. The van der Waals surface area contributed by atoms with Crippen LogP contribution in [0, 0.1) is 5.92 Å². The van der Waals surface area contributed by atoms with E-state index in [4.69, 9.17) is 9.97 Å². The van der Waals surface area contributed by atoms with Gasteiger partial charge >= 0.3 is 0 Å². The summed E-state index contributed by atoms with van der Waals surface area (Å²) in [6.45, 7) is 4.42. The van der Waals surface area contributed by atoms with E-state index in [1.54, 1.807) is 17.5 Å². The van der Waals surface area contributed by atoms with E-state index in [1.165, 1.54) is 29.4 Å². The van der Waals surface area contributed by atoms with Crippen LogP contribution in [-0.4, -0.2) is 28.0 Å². The fourth-order valence-corrected chi connectivity index (χ4v) is 4.93. The summed E-state index contributed by atoms with van der Waals surface area (Å²) in [7, 11) is 0. The Kier molecular flexibility index (Phi) is 4.53. The molecule has 4 nitrogen and oxygen atoms in total. The molecular weight excluding hydrogens is 364 g/mol. The second kappa shape index (κ2) is 7.32. The minimum atomic E-state index is 0.680. The predicted molar refractivity (Wildman–Crippen MR) is 117 cm³/mol. The van der Waals surface area contributed by atoms with Gasteiger partial charge in [0.1, 0.15) is 10.6 Å². The van der Waals surface area contributed by atoms with E-state index in [9.17, 15) is 0 Å². The summed E-state index contributed by atoms with van der Waals surface area (Å²) in [5.74, 6) is 2.50. The molecule has 1 aromatic carbocycles. The number of benzene rings is 1. The number of hydrogen-bond donors (Lipinski definition) is 0. The summed E-state index contributed by atoms with van der Waals surface area (Å²) in [5.41, 5.74) is 3.41. The lowest BCUT2D eigenvalue weighted by atomic mass is 9.99. The summed E-state index contributed by atoms with van der Waals surface area (Å²) < 4.78 is 0. The maximum atomic E-state index is 5.07.